The molecule has 0 amide bonds. The lowest BCUT2D eigenvalue weighted by Gasteiger charge is -2.12. The fourth-order valence-corrected chi connectivity index (χ4v) is 3.42. The Bertz CT molecular complexity index is 491. The van der Waals surface area contributed by atoms with Crippen molar-refractivity contribution >= 4 is 10.0 Å². The first-order valence-electron chi connectivity index (χ1n) is 6.88. The van der Waals surface area contributed by atoms with E-state index in [2.05, 4.69) is 10.0 Å². The van der Waals surface area contributed by atoms with Crippen molar-refractivity contribution < 1.29 is 8.42 Å². The van der Waals surface area contributed by atoms with Crippen molar-refractivity contribution in [2.45, 2.75) is 43.5 Å². The largest absolute Gasteiger partial charge is 0.313 e. The molecular weight excluding hydrogens is 260 g/mol. The Morgan fingerprint density at radius 2 is 1.74 bits per heavy atom. The van der Waals surface area contributed by atoms with Gasteiger partial charge in [-0.15, -0.1) is 0 Å². The van der Waals surface area contributed by atoms with E-state index in [0.29, 0.717) is 24.0 Å². The Hall–Kier alpha value is -0.910. The van der Waals surface area contributed by atoms with E-state index in [9.17, 15) is 8.42 Å². The highest BCUT2D eigenvalue weighted by Gasteiger charge is 2.15. The molecule has 0 saturated heterocycles. The van der Waals surface area contributed by atoms with Gasteiger partial charge in [0.1, 0.15) is 0 Å². The van der Waals surface area contributed by atoms with Crippen LogP contribution in [0.15, 0.2) is 29.2 Å². The van der Waals surface area contributed by atoms with Crippen LogP contribution in [0.5, 0.6) is 0 Å². The van der Waals surface area contributed by atoms with Gasteiger partial charge in [0.05, 0.1) is 4.90 Å². The van der Waals surface area contributed by atoms with Gasteiger partial charge in [0, 0.05) is 19.1 Å². The molecule has 1 aromatic rings. The zero-order valence-corrected chi connectivity index (χ0v) is 12.2. The standard InChI is InChI=1S/C14H22N2O2S/c1-12-6-8-14(9-7-12)19(17,18)16-11-10-15-13-4-2-3-5-13/h6-9,13,15-16H,2-5,10-11H2,1H3. The van der Waals surface area contributed by atoms with Gasteiger partial charge in [-0.05, 0) is 31.9 Å². The summed E-state index contributed by atoms with van der Waals surface area (Å²) in [6.45, 7) is 3.07. The lowest BCUT2D eigenvalue weighted by Crippen LogP contribution is -2.35. The topological polar surface area (TPSA) is 58.2 Å². The summed E-state index contributed by atoms with van der Waals surface area (Å²) in [5.41, 5.74) is 1.06. The summed E-state index contributed by atoms with van der Waals surface area (Å²) in [7, 11) is -3.36. The van der Waals surface area contributed by atoms with E-state index in [1.54, 1.807) is 12.1 Å². The molecule has 5 heteroatoms. The van der Waals surface area contributed by atoms with Crippen LogP contribution in [-0.4, -0.2) is 27.5 Å². The highest BCUT2D eigenvalue weighted by Crippen LogP contribution is 2.17. The predicted octanol–water partition coefficient (Wildman–Crippen LogP) is 1.81. The van der Waals surface area contributed by atoms with Gasteiger partial charge in [-0.25, -0.2) is 13.1 Å². The number of aryl methyl sites for hydroxylation is 1. The minimum Gasteiger partial charge on any atom is -0.313 e. The lowest BCUT2D eigenvalue weighted by atomic mass is 10.2. The lowest BCUT2D eigenvalue weighted by molar-refractivity contribution is 0.520. The van der Waals surface area contributed by atoms with Crippen LogP contribution in [-0.2, 0) is 10.0 Å². The zero-order valence-electron chi connectivity index (χ0n) is 11.4. The minimum absolute atomic E-state index is 0.332. The highest BCUT2D eigenvalue weighted by atomic mass is 32.2. The van der Waals surface area contributed by atoms with Crippen LogP contribution in [0.1, 0.15) is 31.2 Å². The average molecular weight is 282 g/mol. The summed E-state index contributed by atoms with van der Waals surface area (Å²) < 4.78 is 26.6. The van der Waals surface area contributed by atoms with Gasteiger partial charge in [-0.2, -0.15) is 0 Å². The highest BCUT2D eigenvalue weighted by molar-refractivity contribution is 7.89. The maximum Gasteiger partial charge on any atom is 0.240 e. The summed E-state index contributed by atoms with van der Waals surface area (Å²) >= 11 is 0. The molecule has 0 aromatic heterocycles. The van der Waals surface area contributed by atoms with E-state index in [1.807, 2.05) is 19.1 Å². The number of hydrogen-bond acceptors (Lipinski definition) is 3. The van der Waals surface area contributed by atoms with E-state index in [-0.39, 0.29) is 0 Å². The summed E-state index contributed by atoms with van der Waals surface area (Å²) in [6, 6.07) is 7.48. The Balaban J connectivity index is 1.79. The first-order chi connectivity index (χ1) is 9.08. The maximum absolute atomic E-state index is 12.0. The van der Waals surface area contributed by atoms with Crippen LogP contribution in [0.4, 0.5) is 0 Å². The van der Waals surface area contributed by atoms with Crippen molar-refractivity contribution in [2.24, 2.45) is 0 Å². The number of nitrogens with one attached hydrogen (secondary N) is 2. The molecule has 0 aliphatic heterocycles. The fraction of sp³-hybridized carbons (Fsp3) is 0.571. The quantitative estimate of drug-likeness (QED) is 0.782. The molecule has 106 valence electrons. The summed E-state index contributed by atoms with van der Waals surface area (Å²) in [5.74, 6) is 0. The van der Waals surface area contributed by atoms with Crippen LogP contribution in [0.3, 0.4) is 0 Å². The van der Waals surface area contributed by atoms with Gasteiger partial charge < -0.3 is 5.32 Å². The Labute approximate surface area is 115 Å². The monoisotopic (exact) mass is 282 g/mol. The van der Waals surface area contributed by atoms with Gasteiger partial charge in [-0.3, -0.25) is 0 Å². The molecule has 19 heavy (non-hydrogen) atoms. The molecule has 0 heterocycles. The molecular formula is C14H22N2O2S. The summed E-state index contributed by atoms with van der Waals surface area (Å²) in [4.78, 5) is 0.332. The molecule has 0 bridgehead atoms. The zero-order chi connectivity index (χ0) is 13.7. The minimum atomic E-state index is -3.36. The van der Waals surface area contributed by atoms with Crippen LogP contribution in [0.25, 0.3) is 0 Å². The third-order valence-corrected chi connectivity index (χ3v) is 5.01. The fourth-order valence-electron chi connectivity index (χ4n) is 2.39. The van der Waals surface area contributed by atoms with Crippen LogP contribution >= 0.6 is 0 Å². The second-order valence-corrected chi connectivity index (χ2v) is 6.91. The molecule has 0 spiro atoms. The number of benzene rings is 1. The van der Waals surface area contributed by atoms with E-state index in [4.69, 9.17) is 0 Å². The molecule has 1 aliphatic carbocycles. The number of sulfonamides is 1. The van der Waals surface area contributed by atoms with Crippen molar-refractivity contribution in [2.75, 3.05) is 13.1 Å². The van der Waals surface area contributed by atoms with Gasteiger partial charge >= 0.3 is 0 Å². The molecule has 1 aliphatic rings. The van der Waals surface area contributed by atoms with E-state index < -0.39 is 10.0 Å². The average Bonchev–Trinajstić information content (AvgIpc) is 2.88. The van der Waals surface area contributed by atoms with E-state index in [0.717, 1.165) is 5.56 Å². The molecule has 0 radical (unpaired) electrons. The third-order valence-electron chi connectivity index (χ3n) is 3.54. The van der Waals surface area contributed by atoms with Gasteiger partial charge in [0.25, 0.3) is 0 Å². The van der Waals surface area contributed by atoms with Gasteiger partial charge in [0.15, 0.2) is 0 Å². The Morgan fingerprint density at radius 3 is 2.37 bits per heavy atom. The number of hydrogen-bond donors (Lipinski definition) is 2. The Kier molecular flexibility index (Phi) is 4.96. The summed E-state index contributed by atoms with van der Waals surface area (Å²) in [6.07, 6.45) is 4.99. The summed E-state index contributed by atoms with van der Waals surface area (Å²) in [5, 5.41) is 3.39. The molecule has 4 nitrogen and oxygen atoms in total. The van der Waals surface area contributed by atoms with Crippen molar-refractivity contribution in [3.05, 3.63) is 29.8 Å². The van der Waals surface area contributed by atoms with Crippen molar-refractivity contribution in [3.8, 4) is 0 Å². The van der Waals surface area contributed by atoms with E-state index >= 15 is 0 Å². The second-order valence-electron chi connectivity index (χ2n) is 5.15. The number of rotatable bonds is 6. The van der Waals surface area contributed by atoms with Crippen LogP contribution in [0.2, 0.25) is 0 Å². The Morgan fingerprint density at radius 1 is 1.11 bits per heavy atom. The molecule has 1 aromatic carbocycles. The predicted molar refractivity (Wildman–Crippen MR) is 76.6 cm³/mol. The maximum atomic E-state index is 12.0. The molecule has 1 saturated carbocycles. The smallest absolute Gasteiger partial charge is 0.240 e. The van der Waals surface area contributed by atoms with Crippen LogP contribution < -0.4 is 10.0 Å². The first kappa shape index (κ1) is 14.5. The van der Waals surface area contributed by atoms with Gasteiger partial charge in [-0.1, -0.05) is 30.5 Å². The second kappa shape index (κ2) is 6.50. The van der Waals surface area contributed by atoms with Crippen molar-refractivity contribution in [1.29, 1.82) is 0 Å². The SMILES string of the molecule is Cc1ccc(S(=O)(=O)NCCNC2CCCC2)cc1. The van der Waals surface area contributed by atoms with Crippen molar-refractivity contribution in [3.63, 3.8) is 0 Å². The van der Waals surface area contributed by atoms with Crippen LogP contribution in [0, 0.1) is 6.92 Å². The normalized spacial score (nSPS) is 16.9. The molecule has 0 atom stereocenters. The molecule has 0 unspecified atom stereocenters. The van der Waals surface area contributed by atoms with Gasteiger partial charge in [0.2, 0.25) is 10.0 Å². The molecule has 2 rings (SSSR count). The van der Waals surface area contributed by atoms with E-state index in [1.165, 1.54) is 25.7 Å². The molecule has 2 N–H and O–H groups in total. The first-order valence-corrected chi connectivity index (χ1v) is 8.36. The third kappa shape index (κ3) is 4.30. The molecule has 1 fully saturated rings. The van der Waals surface area contributed by atoms with Crippen molar-refractivity contribution in [1.82, 2.24) is 10.0 Å².